The van der Waals surface area contributed by atoms with Crippen LogP contribution in [0.25, 0.3) is 0 Å². The molecule has 3 heteroatoms. The molecule has 1 fully saturated rings. The van der Waals surface area contributed by atoms with E-state index in [4.69, 9.17) is 4.74 Å². The molecule has 15 heavy (non-hydrogen) atoms. The number of Topliss-reactive ketones (excluding diaryl/α,β-unsaturated/α-hetero) is 1. The largest absolute Gasteiger partial charge is 0.370 e. The van der Waals surface area contributed by atoms with Gasteiger partial charge in [0.05, 0.1) is 4.88 Å². The van der Waals surface area contributed by atoms with E-state index < -0.39 is 0 Å². The van der Waals surface area contributed by atoms with E-state index in [1.54, 1.807) is 11.3 Å². The minimum atomic E-state index is -0.185. The second-order valence-electron chi connectivity index (χ2n) is 4.09. The van der Waals surface area contributed by atoms with Gasteiger partial charge in [0.15, 0.2) is 0 Å². The van der Waals surface area contributed by atoms with Crippen molar-refractivity contribution < 1.29 is 9.53 Å². The van der Waals surface area contributed by atoms with E-state index in [9.17, 15) is 4.79 Å². The minimum Gasteiger partial charge on any atom is -0.370 e. The summed E-state index contributed by atoms with van der Waals surface area (Å²) < 4.78 is 5.52. The van der Waals surface area contributed by atoms with E-state index in [0.717, 1.165) is 36.3 Å². The number of carbonyl (C=O) groups is 1. The van der Waals surface area contributed by atoms with Crippen LogP contribution in [0.5, 0.6) is 0 Å². The lowest BCUT2D eigenvalue weighted by molar-refractivity contribution is 0.0189. The first-order valence-corrected chi connectivity index (χ1v) is 6.23. The van der Waals surface area contributed by atoms with Crippen molar-refractivity contribution in [3.8, 4) is 0 Å². The van der Waals surface area contributed by atoms with Crippen molar-refractivity contribution in [3.05, 3.63) is 21.4 Å². The van der Waals surface area contributed by atoms with Gasteiger partial charge < -0.3 is 4.74 Å². The molecule has 0 radical (unpaired) electrons. The van der Waals surface area contributed by atoms with Crippen molar-refractivity contribution in [1.82, 2.24) is 0 Å². The topological polar surface area (TPSA) is 26.3 Å². The number of aryl methyl sites for hydroxylation is 2. The van der Waals surface area contributed by atoms with Gasteiger partial charge in [-0.2, -0.15) is 0 Å². The van der Waals surface area contributed by atoms with E-state index in [2.05, 4.69) is 6.07 Å². The molecule has 2 rings (SSSR count). The quantitative estimate of drug-likeness (QED) is 0.721. The molecule has 2 nitrogen and oxygen atoms in total. The molecule has 1 aromatic heterocycles. The van der Waals surface area contributed by atoms with Crippen LogP contribution in [-0.4, -0.2) is 18.5 Å². The van der Waals surface area contributed by atoms with Gasteiger partial charge in [0.2, 0.25) is 5.78 Å². The molecule has 1 aliphatic rings. The maximum atomic E-state index is 12.1. The van der Waals surface area contributed by atoms with E-state index in [1.807, 2.05) is 13.8 Å². The van der Waals surface area contributed by atoms with Crippen LogP contribution in [0.15, 0.2) is 6.07 Å². The third-order valence-electron chi connectivity index (χ3n) is 2.74. The van der Waals surface area contributed by atoms with Crippen LogP contribution in [0.4, 0.5) is 0 Å². The molecule has 0 aliphatic carbocycles. The van der Waals surface area contributed by atoms with Crippen LogP contribution in [0.1, 0.15) is 39.4 Å². The first-order valence-electron chi connectivity index (χ1n) is 5.41. The minimum absolute atomic E-state index is 0.185. The maximum Gasteiger partial charge on any atom is 0.201 e. The molecule has 1 aromatic rings. The Bertz CT molecular complexity index is 362. The second kappa shape index (κ2) is 4.45. The summed E-state index contributed by atoms with van der Waals surface area (Å²) in [5, 5.41) is 0. The van der Waals surface area contributed by atoms with Crippen LogP contribution in [0.3, 0.4) is 0 Å². The first-order chi connectivity index (χ1) is 7.18. The summed E-state index contributed by atoms with van der Waals surface area (Å²) in [6.07, 6.45) is 2.90. The fourth-order valence-electron chi connectivity index (χ4n) is 1.98. The molecule has 2 heterocycles. The predicted molar refractivity (Wildman–Crippen MR) is 61.7 cm³/mol. The van der Waals surface area contributed by atoms with Crippen LogP contribution >= 0.6 is 11.3 Å². The molecule has 0 spiro atoms. The molecule has 1 unspecified atom stereocenters. The molecule has 0 saturated carbocycles. The first kappa shape index (κ1) is 10.8. The van der Waals surface area contributed by atoms with Crippen molar-refractivity contribution in [2.45, 2.75) is 39.2 Å². The number of hydrogen-bond donors (Lipinski definition) is 0. The Morgan fingerprint density at radius 2 is 2.27 bits per heavy atom. The zero-order chi connectivity index (χ0) is 10.8. The fraction of sp³-hybridized carbons (Fsp3) is 0.583. The molecular weight excluding hydrogens is 208 g/mol. The summed E-state index contributed by atoms with van der Waals surface area (Å²) in [6.45, 7) is 4.77. The number of ether oxygens (including phenoxy) is 1. The third-order valence-corrected chi connectivity index (χ3v) is 3.90. The van der Waals surface area contributed by atoms with Crippen molar-refractivity contribution in [2.75, 3.05) is 6.61 Å². The SMILES string of the molecule is Cc1cc(C)c(C(=O)C2CCCCO2)s1. The summed E-state index contributed by atoms with van der Waals surface area (Å²) >= 11 is 1.59. The Kier molecular flexibility index (Phi) is 3.22. The van der Waals surface area contributed by atoms with Crippen LogP contribution in [0, 0.1) is 13.8 Å². The highest BCUT2D eigenvalue weighted by molar-refractivity contribution is 7.14. The van der Waals surface area contributed by atoms with E-state index in [0.29, 0.717) is 0 Å². The van der Waals surface area contributed by atoms with Gasteiger partial charge in [0.1, 0.15) is 6.10 Å². The zero-order valence-corrected chi connectivity index (χ0v) is 10.0. The van der Waals surface area contributed by atoms with Gasteiger partial charge in [-0.1, -0.05) is 0 Å². The van der Waals surface area contributed by atoms with Gasteiger partial charge in [0.25, 0.3) is 0 Å². The summed E-state index contributed by atoms with van der Waals surface area (Å²) in [5.41, 5.74) is 1.09. The van der Waals surface area contributed by atoms with Crippen LogP contribution in [0.2, 0.25) is 0 Å². The highest BCUT2D eigenvalue weighted by atomic mass is 32.1. The molecule has 1 aliphatic heterocycles. The fourth-order valence-corrected chi connectivity index (χ4v) is 2.99. The average Bonchev–Trinajstić information content (AvgIpc) is 2.58. The molecule has 0 amide bonds. The van der Waals surface area contributed by atoms with Crippen molar-refractivity contribution in [2.24, 2.45) is 0 Å². The Morgan fingerprint density at radius 1 is 1.47 bits per heavy atom. The van der Waals surface area contributed by atoms with E-state index in [1.165, 1.54) is 4.88 Å². The zero-order valence-electron chi connectivity index (χ0n) is 9.21. The Balaban J connectivity index is 2.16. The number of thiophene rings is 1. The molecule has 0 N–H and O–H groups in total. The number of carbonyl (C=O) groups excluding carboxylic acids is 1. The van der Waals surface area contributed by atoms with Gasteiger partial charge in [-0.3, -0.25) is 4.79 Å². The molecule has 0 bridgehead atoms. The van der Waals surface area contributed by atoms with Gasteiger partial charge in [0, 0.05) is 11.5 Å². The molecule has 1 saturated heterocycles. The summed E-state index contributed by atoms with van der Waals surface area (Å²) in [4.78, 5) is 14.2. The Hall–Kier alpha value is -0.670. The van der Waals surface area contributed by atoms with E-state index >= 15 is 0 Å². The Morgan fingerprint density at radius 3 is 2.80 bits per heavy atom. The Labute approximate surface area is 94.3 Å². The number of ketones is 1. The average molecular weight is 224 g/mol. The summed E-state index contributed by atoms with van der Waals surface area (Å²) in [6, 6.07) is 2.07. The summed E-state index contributed by atoms with van der Waals surface area (Å²) in [7, 11) is 0. The predicted octanol–water partition coefficient (Wildman–Crippen LogP) is 3.12. The van der Waals surface area contributed by atoms with Crippen molar-refractivity contribution in [3.63, 3.8) is 0 Å². The van der Waals surface area contributed by atoms with Gasteiger partial charge >= 0.3 is 0 Å². The van der Waals surface area contributed by atoms with Gasteiger partial charge in [-0.25, -0.2) is 0 Å². The monoisotopic (exact) mass is 224 g/mol. The third kappa shape index (κ3) is 2.29. The van der Waals surface area contributed by atoms with E-state index in [-0.39, 0.29) is 11.9 Å². The highest BCUT2D eigenvalue weighted by Crippen LogP contribution is 2.25. The molecular formula is C12H16O2S. The molecule has 82 valence electrons. The van der Waals surface area contributed by atoms with Crippen molar-refractivity contribution >= 4 is 17.1 Å². The highest BCUT2D eigenvalue weighted by Gasteiger charge is 2.25. The van der Waals surface area contributed by atoms with Gasteiger partial charge in [-0.15, -0.1) is 11.3 Å². The summed E-state index contributed by atoms with van der Waals surface area (Å²) in [5.74, 6) is 0.185. The standard InChI is InChI=1S/C12H16O2S/c1-8-7-9(2)15-12(8)11(13)10-5-3-4-6-14-10/h7,10H,3-6H2,1-2H3. The maximum absolute atomic E-state index is 12.1. The lowest BCUT2D eigenvalue weighted by Crippen LogP contribution is -2.28. The van der Waals surface area contributed by atoms with Crippen LogP contribution in [-0.2, 0) is 4.74 Å². The normalized spacial score (nSPS) is 21.6. The smallest absolute Gasteiger partial charge is 0.201 e. The number of rotatable bonds is 2. The second-order valence-corrected chi connectivity index (χ2v) is 5.34. The molecule has 0 aromatic carbocycles. The molecule has 1 atom stereocenters. The lowest BCUT2D eigenvalue weighted by Gasteiger charge is -2.20. The number of hydrogen-bond acceptors (Lipinski definition) is 3. The van der Waals surface area contributed by atoms with Gasteiger partial charge in [-0.05, 0) is 44.7 Å². The van der Waals surface area contributed by atoms with Crippen LogP contribution < -0.4 is 0 Å². The van der Waals surface area contributed by atoms with Crippen molar-refractivity contribution in [1.29, 1.82) is 0 Å². The lowest BCUT2D eigenvalue weighted by atomic mass is 10.0.